The zero-order valence-corrected chi connectivity index (χ0v) is 13.6. The maximum atomic E-state index is 14.3. The topological polar surface area (TPSA) is 58.1 Å². The van der Waals surface area contributed by atoms with Gasteiger partial charge in [0.25, 0.3) is 0 Å². The number of nitrogens with zero attached hydrogens (tertiary/aromatic N) is 3. The maximum absolute atomic E-state index is 14.3. The van der Waals surface area contributed by atoms with Crippen LogP contribution in [0.4, 0.5) is 10.2 Å². The monoisotopic (exact) mass is 316 g/mol. The molecule has 1 aromatic heterocycles. The Hall–Kier alpha value is -2.50. The van der Waals surface area contributed by atoms with Crippen LogP contribution >= 0.6 is 0 Å². The van der Waals surface area contributed by atoms with E-state index in [1.165, 1.54) is 11.2 Å². The van der Waals surface area contributed by atoms with Crippen molar-refractivity contribution in [1.82, 2.24) is 14.9 Å². The Bertz CT molecular complexity index is 661. The van der Waals surface area contributed by atoms with Crippen LogP contribution in [-0.2, 0) is 17.6 Å². The van der Waals surface area contributed by atoms with Crippen molar-refractivity contribution < 1.29 is 9.18 Å². The van der Waals surface area contributed by atoms with E-state index in [0.717, 1.165) is 5.56 Å². The van der Waals surface area contributed by atoms with Crippen molar-refractivity contribution in [2.75, 3.05) is 19.4 Å². The normalized spacial score (nSPS) is 11.8. The summed E-state index contributed by atoms with van der Waals surface area (Å²) in [5.41, 5.74) is 1.32. The van der Waals surface area contributed by atoms with Gasteiger partial charge in [-0.05, 0) is 12.0 Å². The Balaban J connectivity index is 2.26. The van der Waals surface area contributed by atoms with Gasteiger partial charge in [-0.15, -0.1) is 0 Å². The third-order valence-electron chi connectivity index (χ3n) is 3.53. The summed E-state index contributed by atoms with van der Waals surface area (Å²) in [7, 11) is 3.35. The molecule has 1 atom stereocenters. The first-order valence-electron chi connectivity index (χ1n) is 7.54. The van der Waals surface area contributed by atoms with Gasteiger partial charge in [0.05, 0.1) is 5.69 Å². The fourth-order valence-corrected chi connectivity index (χ4v) is 2.28. The minimum atomic E-state index is -0.596. The number of likely N-dealkylation sites (N-methyl/N-ethyl adjacent to an activating group) is 1. The zero-order valence-electron chi connectivity index (χ0n) is 13.6. The first-order valence-corrected chi connectivity index (χ1v) is 7.54. The van der Waals surface area contributed by atoms with Gasteiger partial charge in [-0.1, -0.05) is 37.3 Å². The summed E-state index contributed by atoms with van der Waals surface area (Å²) in [5, 5.41) is 2.93. The molecule has 0 saturated heterocycles. The molecule has 0 unspecified atom stereocenters. The van der Waals surface area contributed by atoms with Crippen LogP contribution in [-0.4, -0.2) is 40.9 Å². The zero-order chi connectivity index (χ0) is 16.8. The van der Waals surface area contributed by atoms with Gasteiger partial charge in [-0.2, -0.15) is 0 Å². The van der Waals surface area contributed by atoms with E-state index in [1.807, 2.05) is 37.3 Å². The smallest absolute Gasteiger partial charge is 0.244 e. The van der Waals surface area contributed by atoms with E-state index in [0.29, 0.717) is 18.5 Å². The summed E-state index contributed by atoms with van der Waals surface area (Å²) in [4.78, 5) is 21.8. The second kappa shape index (κ2) is 7.67. The van der Waals surface area contributed by atoms with Crippen LogP contribution in [0.5, 0.6) is 0 Å². The van der Waals surface area contributed by atoms with Crippen molar-refractivity contribution in [3.8, 4) is 0 Å². The largest absolute Gasteiger partial charge is 0.356 e. The Labute approximate surface area is 135 Å². The van der Waals surface area contributed by atoms with Crippen molar-refractivity contribution in [3.05, 3.63) is 53.7 Å². The molecule has 0 aliphatic rings. The summed E-state index contributed by atoms with van der Waals surface area (Å²) in [5.74, 6) is -0.572. The molecule has 0 spiro atoms. The second-order valence-electron chi connectivity index (χ2n) is 5.46. The van der Waals surface area contributed by atoms with Crippen LogP contribution in [0.25, 0.3) is 0 Å². The Morgan fingerprint density at radius 1 is 1.26 bits per heavy atom. The average Bonchev–Trinajstić information content (AvgIpc) is 2.56. The summed E-state index contributed by atoms with van der Waals surface area (Å²) in [6.45, 7) is 1.82. The predicted molar refractivity (Wildman–Crippen MR) is 87.6 cm³/mol. The molecule has 5 nitrogen and oxygen atoms in total. The van der Waals surface area contributed by atoms with E-state index in [-0.39, 0.29) is 11.7 Å². The van der Waals surface area contributed by atoms with Gasteiger partial charge < -0.3 is 10.2 Å². The molecule has 0 radical (unpaired) electrons. The van der Waals surface area contributed by atoms with Crippen molar-refractivity contribution in [2.45, 2.75) is 25.8 Å². The summed E-state index contributed by atoms with van der Waals surface area (Å²) in [6.07, 6.45) is 2.22. The number of anilines is 1. The number of hydrogen-bond donors (Lipinski definition) is 1. The molecule has 1 amide bonds. The highest BCUT2D eigenvalue weighted by Crippen LogP contribution is 2.16. The number of rotatable bonds is 6. The Kier molecular flexibility index (Phi) is 5.62. The van der Waals surface area contributed by atoms with E-state index >= 15 is 0 Å². The van der Waals surface area contributed by atoms with Gasteiger partial charge >= 0.3 is 0 Å². The first kappa shape index (κ1) is 16.9. The van der Waals surface area contributed by atoms with E-state index in [9.17, 15) is 9.18 Å². The van der Waals surface area contributed by atoms with Gasteiger partial charge in [0.2, 0.25) is 5.91 Å². The second-order valence-corrected chi connectivity index (χ2v) is 5.46. The van der Waals surface area contributed by atoms with Crippen molar-refractivity contribution >= 4 is 11.7 Å². The number of halogens is 1. The minimum absolute atomic E-state index is 0.0629. The van der Waals surface area contributed by atoms with Crippen LogP contribution < -0.4 is 5.32 Å². The summed E-state index contributed by atoms with van der Waals surface area (Å²) < 4.78 is 14.3. The SMILES string of the molecule is CCc1ncnc(N[C@@H](Cc2ccccc2)C(=O)N(C)C)c1F. The molecular formula is C17H21FN4O. The van der Waals surface area contributed by atoms with Crippen molar-refractivity contribution in [3.63, 3.8) is 0 Å². The fourth-order valence-electron chi connectivity index (χ4n) is 2.28. The van der Waals surface area contributed by atoms with E-state index < -0.39 is 11.9 Å². The summed E-state index contributed by atoms with van der Waals surface area (Å²) >= 11 is 0. The lowest BCUT2D eigenvalue weighted by Crippen LogP contribution is -2.40. The number of amides is 1. The van der Waals surface area contributed by atoms with Crippen molar-refractivity contribution in [2.24, 2.45) is 0 Å². The van der Waals surface area contributed by atoms with Gasteiger partial charge in [0.15, 0.2) is 11.6 Å². The van der Waals surface area contributed by atoms with E-state index in [4.69, 9.17) is 0 Å². The molecule has 23 heavy (non-hydrogen) atoms. The van der Waals surface area contributed by atoms with Crippen LogP contribution in [0.1, 0.15) is 18.2 Å². The molecule has 1 N–H and O–H groups in total. The van der Waals surface area contributed by atoms with Gasteiger partial charge in [-0.3, -0.25) is 4.79 Å². The standard InChI is InChI=1S/C17H21FN4O/c1-4-13-15(18)16(20-11-19-13)21-14(17(23)22(2)3)10-12-8-6-5-7-9-12/h5-9,11,14H,4,10H2,1-3H3,(H,19,20,21)/t14-/m0/s1. The molecule has 2 rings (SSSR count). The molecule has 0 fully saturated rings. The molecule has 6 heteroatoms. The number of nitrogens with one attached hydrogen (secondary N) is 1. The van der Waals surface area contributed by atoms with Crippen LogP contribution in [0.15, 0.2) is 36.7 Å². The molecule has 0 aliphatic carbocycles. The highest BCUT2D eigenvalue weighted by atomic mass is 19.1. The third-order valence-corrected chi connectivity index (χ3v) is 3.53. The van der Waals surface area contributed by atoms with Crippen LogP contribution in [0.3, 0.4) is 0 Å². The Morgan fingerprint density at radius 2 is 1.96 bits per heavy atom. The molecule has 0 aliphatic heterocycles. The maximum Gasteiger partial charge on any atom is 0.244 e. The Morgan fingerprint density at radius 3 is 2.57 bits per heavy atom. The highest BCUT2D eigenvalue weighted by Gasteiger charge is 2.23. The van der Waals surface area contributed by atoms with E-state index in [2.05, 4.69) is 15.3 Å². The lowest BCUT2D eigenvalue weighted by atomic mass is 10.0. The minimum Gasteiger partial charge on any atom is -0.356 e. The van der Waals surface area contributed by atoms with Gasteiger partial charge in [0, 0.05) is 20.5 Å². The fraction of sp³-hybridized carbons (Fsp3) is 0.353. The molecule has 122 valence electrons. The number of aryl methyl sites for hydroxylation is 1. The third kappa shape index (κ3) is 4.25. The number of carbonyl (C=O) groups is 1. The molecule has 0 saturated carbocycles. The molecule has 1 heterocycles. The highest BCUT2D eigenvalue weighted by molar-refractivity contribution is 5.84. The van der Waals surface area contributed by atoms with Gasteiger partial charge in [0.1, 0.15) is 12.4 Å². The number of hydrogen-bond acceptors (Lipinski definition) is 4. The number of benzene rings is 1. The average molecular weight is 316 g/mol. The summed E-state index contributed by atoms with van der Waals surface area (Å²) in [6, 6.07) is 9.01. The lowest BCUT2D eigenvalue weighted by Gasteiger charge is -2.22. The van der Waals surface area contributed by atoms with Crippen molar-refractivity contribution in [1.29, 1.82) is 0 Å². The van der Waals surface area contributed by atoms with E-state index in [1.54, 1.807) is 14.1 Å². The molecule has 0 bridgehead atoms. The predicted octanol–water partition coefficient (Wildman–Crippen LogP) is 2.29. The molecule has 1 aromatic carbocycles. The lowest BCUT2D eigenvalue weighted by molar-refractivity contribution is -0.129. The van der Waals surface area contributed by atoms with Crippen LogP contribution in [0, 0.1) is 5.82 Å². The molecule has 2 aromatic rings. The van der Waals surface area contributed by atoms with Crippen LogP contribution in [0.2, 0.25) is 0 Å². The molecular weight excluding hydrogens is 295 g/mol. The number of aromatic nitrogens is 2. The van der Waals surface area contributed by atoms with Gasteiger partial charge in [-0.25, -0.2) is 14.4 Å². The number of carbonyl (C=O) groups excluding carboxylic acids is 1. The quantitative estimate of drug-likeness (QED) is 0.888. The first-order chi connectivity index (χ1) is 11.0.